The number of rotatable bonds is 45. The Morgan fingerprint density at radius 2 is 0.929 bits per heavy atom. The van der Waals surface area contributed by atoms with Crippen LogP contribution in [0.2, 0.25) is 0 Å². The van der Waals surface area contributed by atoms with Crippen LogP contribution in [-0.4, -0.2) is 75.6 Å². The number of hydrogen-bond donors (Lipinski definition) is 1. The van der Waals surface area contributed by atoms with E-state index >= 15 is 0 Å². The number of phosphoric ester groups is 1. The van der Waals surface area contributed by atoms with E-state index in [2.05, 4.69) is 26.0 Å². The first-order valence-electron chi connectivity index (χ1n) is 23.9. The minimum absolute atomic E-state index is 0.0904. The zero-order chi connectivity index (χ0) is 41.3. The van der Waals surface area contributed by atoms with Crippen molar-refractivity contribution in [3.8, 4) is 0 Å². The molecular formula is C47H95NO7P+. The molecule has 0 radical (unpaired) electrons. The maximum Gasteiger partial charge on any atom is 0.472 e. The smallest absolute Gasteiger partial charge is 0.457 e. The van der Waals surface area contributed by atoms with Gasteiger partial charge in [-0.2, -0.15) is 0 Å². The summed E-state index contributed by atoms with van der Waals surface area (Å²) < 4.78 is 35.1. The fourth-order valence-electron chi connectivity index (χ4n) is 6.84. The van der Waals surface area contributed by atoms with Gasteiger partial charge in [-0.25, -0.2) is 4.57 Å². The van der Waals surface area contributed by atoms with E-state index in [4.69, 9.17) is 18.5 Å². The lowest BCUT2D eigenvalue weighted by Crippen LogP contribution is -2.37. The van der Waals surface area contributed by atoms with E-state index in [-0.39, 0.29) is 25.8 Å². The number of carbonyl (C=O) groups excluding carboxylic acids is 1. The van der Waals surface area contributed by atoms with Crippen molar-refractivity contribution >= 4 is 13.8 Å². The van der Waals surface area contributed by atoms with Gasteiger partial charge in [-0.3, -0.25) is 13.8 Å². The van der Waals surface area contributed by atoms with Crippen LogP contribution >= 0.6 is 7.82 Å². The lowest BCUT2D eigenvalue weighted by Gasteiger charge is -2.24. The highest BCUT2D eigenvalue weighted by molar-refractivity contribution is 7.47. The van der Waals surface area contributed by atoms with Gasteiger partial charge in [-0.05, 0) is 38.5 Å². The van der Waals surface area contributed by atoms with Crippen molar-refractivity contribution in [2.24, 2.45) is 0 Å². The highest BCUT2D eigenvalue weighted by atomic mass is 31.2. The topological polar surface area (TPSA) is 91.3 Å². The van der Waals surface area contributed by atoms with Crippen molar-refractivity contribution in [3.63, 3.8) is 0 Å². The Kier molecular flexibility index (Phi) is 40.4. The van der Waals surface area contributed by atoms with Crippen molar-refractivity contribution < 1.29 is 37.3 Å². The monoisotopic (exact) mass is 817 g/mol. The number of allylic oxidation sites excluding steroid dienone is 2. The van der Waals surface area contributed by atoms with Gasteiger partial charge in [0.2, 0.25) is 0 Å². The van der Waals surface area contributed by atoms with Gasteiger partial charge in [0.25, 0.3) is 0 Å². The van der Waals surface area contributed by atoms with Crippen molar-refractivity contribution in [2.75, 3.05) is 54.1 Å². The van der Waals surface area contributed by atoms with Gasteiger partial charge in [0.1, 0.15) is 19.3 Å². The SMILES string of the molecule is CCCCCCCCC/C=C\CCCCCCCC(=O)O[C@H](COCCCCCCCCCCCCCCCCCCCC)COP(=O)(O)OCC[N+](C)(C)C. The maximum atomic E-state index is 12.7. The molecule has 334 valence electrons. The van der Waals surface area contributed by atoms with Crippen LogP contribution in [0.25, 0.3) is 0 Å². The lowest BCUT2D eigenvalue weighted by atomic mass is 10.0. The molecule has 0 spiro atoms. The standard InChI is InChI=1S/C47H94NO7P/c1-6-8-10-12-14-16-18-20-22-24-25-27-29-31-33-35-37-39-42-52-44-46(45-54-56(50,51)53-43-41-48(3,4)5)55-47(49)40-38-36-34-32-30-28-26-23-21-19-17-15-13-11-9-7-2/h23,26,46H,6-22,24-25,27-45H2,1-5H3/p+1/b26-23-/t46-/m1/s1. The molecule has 0 aliphatic rings. The van der Waals surface area contributed by atoms with Crippen LogP contribution in [-0.2, 0) is 27.9 Å². The molecule has 0 saturated carbocycles. The van der Waals surface area contributed by atoms with Crippen molar-refractivity contribution in [2.45, 2.75) is 232 Å². The van der Waals surface area contributed by atoms with Crippen LogP contribution in [0.5, 0.6) is 0 Å². The predicted molar refractivity (Wildman–Crippen MR) is 238 cm³/mol. The number of carbonyl (C=O) groups is 1. The number of unbranched alkanes of at least 4 members (excludes halogenated alkanes) is 29. The van der Waals surface area contributed by atoms with Crippen LogP contribution in [0, 0.1) is 0 Å². The quantitative estimate of drug-likeness (QED) is 0.0215. The summed E-state index contributed by atoms with van der Waals surface area (Å²) in [4.78, 5) is 22.9. The summed E-state index contributed by atoms with van der Waals surface area (Å²) in [5, 5.41) is 0. The first kappa shape index (κ1) is 55.2. The number of phosphoric acid groups is 1. The largest absolute Gasteiger partial charge is 0.472 e. The first-order chi connectivity index (χ1) is 27.1. The zero-order valence-electron chi connectivity index (χ0n) is 37.9. The second-order valence-corrected chi connectivity index (χ2v) is 19.0. The molecule has 56 heavy (non-hydrogen) atoms. The van der Waals surface area contributed by atoms with Gasteiger partial charge in [0.05, 0.1) is 34.4 Å². The molecule has 0 aromatic carbocycles. The summed E-state index contributed by atoms with van der Waals surface area (Å²) in [6, 6.07) is 0. The van der Waals surface area contributed by atoms with Crippen LogP contribution in [0.1, 0.15) is 226 Å². The second-order valence-electron chi connectivity index (χ2n) is 17.5. The molecule has 0 aliphatic carbocycles. The third-order valence-corrected chi connectivity index (χ3v) is 11.6. The molecule has 0 saturated heterocycles. The number of esters is 1. The molecule has 9 heteroatoms. The third-order valence-electron chi connectivity index (χ3n) is 10.6. The summed E-state index contributed by atoms with van der Waals surface area (Å²) in [6.45, 7) is 5.66. The third kappa shape index (κ3) is 44.3. The maximum absolute atomic E-state index is 12.7. The highest BCUT2D eigenvalue weighted by Gasteiger charge is 2.26. The Hall–Kier alpha value is -0.760. The van der Waals surface area contributed by atoms with E-state index in [1.165, 1.54) is 167 Å². The summed E-state index contributed by atoms with van der Waals surface area (Å²) in [5.41, 5.74) is 0. The van der Waals surface area contributed by atoms with E-state index in [1.807, 2.05) is 21.1 Å². The summed E-state index contributed by atoms with van der Waals surface area (Å²) >= 11 is 0. The number of hydrogen-bond acceptors (Lipinski definition) is 6. The van der Waals surface area contributed by atoms with Crippen LogP contribution in [0.3, 0.4) is 0 Å². The number of nitrogens with zero attached hydrogens (tertiary/aromatic N) is 1. The summed E-state index contributed by atoms with van der Waals surface area (Å²) in [7, 11) is 1.68. The highest BCUT2D eigenvalue weighted by Crippen LogP contribution is 2.43. The van der Waals surface area contributed by atoms with Gasteiger partial charge in [-0.15, -0.1) is 0 Å². The first-order valence-corrected chi connectivity index (χ1v) is 25.4. The number of ether oxygens (including phenoxy) is 2. The van der Waals surface area contributed by atoms with Crippen LogP contribution < -0.4 is 0 Å². The van der Waals surface area contributed by atoms with Crippen LogP contribution in [0.4, 0.5) is 0 Å². The fourth-order valence-corrected chi connectivity index (χ4v) is 7.58. The minimum Gasteiger partial charge on any atom is -0.457 e. The molecule has 0 fully saturated rings. The molecule has 0 aromatic rings. The molecule has 0 rings (SSSR count). The molecular weight excluding hydrogens is 721 g/mol. The van der Waals surface area contributed by atoms with Gasteiger partial charge in [0.15, 0.2) is 0 Å². The van der Waals surface area contributed by atoms with E-state index in [0.717, 1.165) is 38.5 Å². The molecule has 1 N–H and O–H groups in total. The predicted octanol–water partition coefficient (Wildman–Crippen LogP) is 14.2. The van der Waals surface area contributed by atoms with Crippen molar-refractivity contribution in [3.05, 3.63) is 12.2 Å². The average Bonchev–Trinajstić information content (AvgIpc) is 3.15. The number of likely N-dealkylation sites (N-methyl/N-ethyl adjacent to an activating group) is 1. The fraction of sp³-hybridized carbons (Fsp3) is 0.936. The molecule has 0 bridgehead atoms. The van der Waals surface area contributed by atoms with Gasteiger partial charge < -0.3 is 18.9 Å². The Bertz CT molecular complexity index is 909. The Morgan fingerprint density at radius 3 is 1.36 bits per heavy atom. The summed E-state index contributed by atoms with van der Waals surface area (Å²) in [6.07, 6.45) is 45.3. The molecule has 0 heterocycles. The molecule has 0 aliphatic heterocycles. The Balaban J connectivity index is 4.16. The molecule has 1 unspecified atom stereocenters. The van der Waals surface area contributed by atoms with Crippen molar-refractivity contribution in [1.29, 1.82) is 0 Å². The van der Waals surface area contributed by atoms with Crippen molar-refractivity contribution in [1.82, 2.24) is 0 Å². The van der Waals surface area contributed by atoms with Gasteiger partial charge in [0, 0.05) is 13.0 Å². The van der Waals surface area contributed by atoms with E-state index in [1.54, 1.807) is 0 Å². The minimum atomic E-state index is -4.27. The average molecular weight is 817 g/mol. The van der Waals surface area contributed by atoms with Crippen LogP contribution in [0.15, 0.2) is 12.2 Å². The Labute approximate surface area is 348 Å². The molecule has 0 amide bonds. The molecule has 2 atom stereocenters. The van der Waals surface area contributed by atoms with Gasteiger partial charge in [-0.1, -0.05) is 193 Å². The van der Waals surface area contributed by atoms with E-state index in [0.29, 0.717) is 24.1 Å². The molecule has 0 aromatic heterocycles. The van der Waals surface area contributed by atoms with E-state index < -0.39 is 13.9 Å². The van der Waals surface area contributed by atoms with Gasteiger partial charge >= 0.3 is 13.8 Å². The van der Waals surface area contributed by atoms with E-state index in [9.17, 15) is 14.3 Å². The second kappa shape index (κ2) is 41.0. The normalized spacial score (nSPS) is 13.8. The molecule has 8 nitrogen and oxygen atoms in total. The Morgan fingerprint density at radius 1 is 0.536 bits per heavy atom. The zero-order valence-corrected chi connectivity index (χ0v) is 38.8. The summed E-state index contributed by atoms with van der Waals surface area (Å²) in [5.74, 6) is -0.317. The lowest BCUT2D eigenvalue weighted by molar-refractivity contribution is -0.870. The number of quaternary nitrogens is 1.